The van der Waals surface area contributed by atoms with Crippen LogP contribution in [0.4, 0.5) is 0 Å². The number of methoxy groups -OCH3 is 1. The van der Waals surface area contributed by atoms with Gasteiger partial charge in [-0.1, -0.05) is 31.9 Å². The molecule has 3 amide bonds. The Labute approximate surface area is 205 Å². The molecular weight excluding hydrogens is 444 g/mol. The van der Waals surface area contributed by atoms with Gasteiger partial charge in [-0.2, -0.15) is 0 Å². The van der Waals surface area contributed by atoms with Gasteiger partial charge in [-0.25, -0.2) is 0 Å². The molecule has 2 aromatic carbocycles. The molecule has 2 aromatic rings. The van der Waals surface area contributed by atoms with E-state index in [0.717, 1.165) is 43.1 Å². The minimum atomic E-state index is -0.503. The molecule has 1 fully saturated rings. The predicted octanol–water partition coefficient (Wildman–Crippen LogP) is 4.06. The molecule has 1 aliphatic carbocycles. The van der Waals surface area contributed by atoms with E-state index in [1.165, 1.54) is 12.0 Å². The highest BCUT2D eigenvalue weighted by molar-refractivity contribution is 6.21. The first-order valence-corrected chi connectivity index (χ1v) is 12.4. The Morgan fingerprint density at radius 1 is 1.09 bits per heavy atom. The summed E-state index contributed by atoms with van der Waals surface area (Å²) in [4.78, 5) is 55.0. The summed E-state index contributed by atoms with van der Waals surface area (Å²) in [6.45, 7) is 2.68. The zero-order valence-electron chi connectivity index (χ0n) is 20.2. The minimum absolute atomic E-state index is 0.0638. The highest BCUT2D eigenvalue weighted by atomic mass is 16.5. The third kappa shape index (κ3) is 3.93. The monoisotopic (exact) mass is 474 g/mol. The summed E-state index contributed by atoms with van der Waals surface area (Å²) >= 11 is 0. The smallest absolute Gasteiger partial charge is 0.261 e. The number of nitrogens with zero attached hydrogens (tertiary/aromatic N) is 2. The lowest BCUT2D eigenvalue weighted by molar-refractivity contribution is -0.141. The van der Waals surface area contributed by atoms with Gasteiger partial charge in [0.05, 0.1) is 36.4 Å². The highest BCUT2D eigenvalue weighted by Crippen LogP contribution is 2.39. The van der Waals surface area contributed by atoms with E-state index in [2.05, 4.69) is 6.92 Å². The molecular formula is C28H30N2O5. The second-order valence-corrected chi connectivity index (χ2v) is 9.84. The fourth-order valence-electron chi connectivity index (χ4n) is 5.95. The van der Waals surface area contributed by atoms with Crippen molar-refractivity contribution >= 4 is 24.0 Å². The topological polar surface area (TPSA) is 84.0 Å². The summed E-state index contributed by atoms with van der Waals surface area (Å²) in [6, 6.07) is 9.92. The number of rotatable bonds is 5. The molecule has 0 radical (unpaired) electrons. The first-order valence-electron chi connectivity index (χ1n) is 12.4. The highest BCUT2D eigenvalue weighted by Gasteiger charge is 2.42. The van der Waals surface area contributed by atoms with Crippen molar-refractivity contribution in [2.75, 3.05) is 20.2 Å². The third-order valence-electron chi connectivity index (χ3n) is 7.92. The van der Waals surface area contributed by atoms with Crippen LogP contribution in [0.1, 0.15) is 80.8 Å². The van der Waals surface area contributed by atoms with Crippen LogP contribution in [0.3, 0.4) is 0 Å². The Morgan fingerprint density at radius 2 is 1.77 bits per heavy atom. The van der Waals surface area contributed by atoms with E-state index in [-0.39, 0.29) is 30.2 Å². The molecule has 3 atom stereocenters. The molecule has 2 heterocycles. The van der Waals surface area contributed by atoms with E-state index in [4.69, 9.17) is 4.74 Å². The van der Waals surface area contributed by atoms with Gasteiger partial charge in [0, 0.05) is 12.5 Å². The summed E-state index contributed by atoms with van der Waals surface area (Å²) < 4.78 is 5.46. The lowest BCUT2D eigenvalue weighted by Crippen LogP contribution is -2.49. The van der Waals surface area contributed by atoms with Crippen molar-refractivity contribution in [2.45, 2.75) is 45.1 Å². The molecule has 7 heteroatoms. The molecule has 7 nitrogen and oxygen atoms in total. The second kappa shape index (κ2) is 9.29. The van der Waals surface area contributed by atoms with E-state index in [0.29, 0.717) is 41.3 Å². The average Bonchev–Trinajstić information content (AvgIpc) is 3.12. The lowest BCUT2D eigenvalue weighted by atomic mass is 9.78. The van der Waals surface area contributed by atoms with Crippen molar-refractivity contribution in [3.63, 3.8) is 0 Å². The largest absolute Gasteiger partial charge is 0.496 e. The predicted molar refractivity (Wildman–Crippen MR) is 129 cm³/mol. The Hall–Kier alpha value is -3.48. The fourth-order valence-corrected chi connectivity index (χ4v) is 5.95. The van der Waals surface area contributed by atoms with Crippen LogP contribution in [-0.2, 0) is 11.2 Å². The van der Waals surface area contributed by atoms with Crippen LogP contribution < -0.4 is 4.74 Å². The van der Waals surface area contributed by atoms with Gasteiger partial charge < -0.3 is 9.64 Å². The van der Waals surface area contributed by atoms with E-state index in [9.17, 15) is 19.2 Å². The van der Waals surface area contributed by atoms with Crippen LogP contribution in [0, 0.1) is 11.8 Å². The normalized spacial score (nSPS) is 23.7. The first kappa shape index (κ1) is 23.3. The summed E-state index contributed by atoms with van der Waals surface area (Å²) in [5.74, 6) is 0.0605. The van der Waals surface area contributed by atoms with Crippen molar-refractivity contribution in [1.82, 2.24) is 9.80 Å². The number of benzene rings is 2. The van der Waals surface area contributed by atoms with Crippen molar-refractivity contribution in [3.8, 4) is 5.75 Å². The maximum absolute atomic E-state index is 13.9. The molecule has 5 rings (SSSR count). The third-order valence-corrected chi connectivity index (χ3v) is 7.92. The van der Waals surface area contributed by atoms with Crippen LogP contribution in [0.25, 0.3) is 0 Å². The van der Waals surface area contributed by atoms with Gasteiger partial charge in [0.15, 0.2) is 6.29 Å². The van der Waals surface area contributed by atoms with Gasteiger partial charge in [-0.05, 0) is 60.6 Å². The number of amides is 3. The van der Waals surface area contributed by atoms with E-state index in [1.54, 1.807) is 30.3 Å². The Kier molecular flexibility index (Phi) is 6.17. The first-order chi connectivity index (χ1) is 16.9. The Morgan fingerprint density at radius 3 is 2.40 bits per heavy atom. The number of ether oxygens (including phenoxy) is 1. The van der Waals surface area contributed by atoms with Crippen molar-refractivity contribution in [2.24, 2.45) is 11.8 Å². The van der Waals surface area contributed by atoms with E-state index >= 15 is 0 Å². The van der Waals surface area contributed by atoms with Gasteiger partial charge in [0.2, 0.25) is 5.91 Å². The second-order valence-electron chi connectivity index (χ2n) is 9.84. The molecule has 1 saturated carbocycles. The molecule has 182 valence electrons. The van der Waals surface area contributed by atoms with Crippen LogP contribution >= 0.6 is 0 Å². The molecule has 0 N–H and O–H groups in total. The van der Waals surface area contributed by atoms with E-state index < -0.39 is 6.04 Å². The molecule has 0 saturated heterocycles. The Bertz CT molecular complexity index is 1170. The number of imide groups is 1. The number of hydrogen-bond donors (Lipinski definition) is 0. The van der Waals surface area contributed by atoms with Gasteiger partial charge in [0.1, 0.15) is 5.75 Å². The number of carbonyl (C=O) groups excluding carboxylic acids is 4. The van der Waals surface area contributed by atoms with Crippen molar-refractivity contribution in [3.05, 3.63) is 64.2 Å². The zero-order valence-corrected chi connectivity index (χ0v) is 20.2. The summed E-state index contributed by atoms with van der Waals surface area (Å²) in [5.41, 5.74) is 3.00. The van der Waals surface area contributed by atoms with E-state index in [1.807, 2.05) is 11.0 Å². The van der Waals surface area contributed by atoms with Crippen LogP contribution in [0.2, 0.25) is 0 Å². The SMILES string of the molecule is COc1cc2c(cc1C=O)CCN(C(=O)C1CCCCC1C)C2CN1C(=O)c2ccccc2C1=O. The number of aldehydes is 1. The molecule has 3 aliphatic rings. The molecule has 0 aromatic heterocycles. The summed E-state index contributed by atoms with van der Waals surface area (Å²) in [6.07, 6.45) is 5.42. The van der Waals surface area contributed by atoms with Gasteiger partial charge in [-0.15, -0.1) is 0 Å². The maximum Gasteiger partial charge on any atom is 0.261 e. The molecule has 3 unspecified atom stereocenters. The number of hydrogen-bond acceptors (Lipinski definition) is 5. The summed E-state index contributed by atoms with van der Waals surface area (Å²) in [5, 5.41) is 0. The Balaban J connectivity index is 1.55. The minimum Gasteiger partial charge on any atom is -0.496 e. The van der Waals surface area contributed by atoms with Crippen LogP contribution in [-0.4, -0.2) is 54.0 Å². The molecule has 0 bridgehead atoms. The van der Waals surface area contributed by atoms with Gasteiger partial charge >= 0.3 is 0 Å². The van der Waals surface area contributed by atoms with Crippen LogP contribution in [0.15, 0.2) is 36.4 Å². The van der Waals surface area contributed by atoms with Gasteiger partial charge in [0.25, 0.3) is 11.8 Å². The lowest BCUT2D eigenvalue weighted by Gasteiger charge is -2.42. The quantitative estimate of drug-likeness (QED) is 0.482. The fraction of sp³-hybridized carbons (Fsp3) is 0.429. The number of fused-ring (bicyclic) bond motifs is 2. The standard InChI is InChI=1S/C28H30N2O5/c1-17-7-3-4-8-20(17)26(32)29-12-11-18-13-19(16-31)25(35-2)14-23(18)24(29)15-30-27(33)21-9-5-6-10-22(21)28(30)34/h5-6,9-10,13-14,16-17,20,24H,3-4,7-8,11-12,15H2,1-2H3. The number of carbonyl (C=O) groups is 4. The molecule has 0 spiro atoms. The van der Waals surface area contributed by atoms with Crippen LogP contribution in [0.5, 0.6) is 5.75 Å². The average molecular weight is 475 g/mol. The summed E-state index contributed by atoms with van der Waals surface area (Å²) in [7, 11) is 1.50. The zero-order chi connectivity index (χ0) is 24.7. The molecule has 35 heavy (non-hydrogen) atoms. The molecule has 2 aliphatic heterocycles. The van der Waals surface area contributed by atoms with Crippen molar-refractivity contribution < 1.29 is 23.9 Å². The maximum atomic E-state index is 13.9. The van der Waals surface area contributed by atoms with Gasteiger partial charge in [-0.3, -0.25) is 24.1 Å². The van der Waals surface area contributed by atoms with Crippen molar-refractivity contribution in [1.29, 1.82) is 0 Å².